The zero-order chi connectivity index (χ0) is 10.9. The summed E-state index contributed by atoms with van der Waals surface area (Å²) in [6.07, 6.45) is 8.00. The third-order valence-corrected chi connectivity index (χ3v) is 4.33. The molecule has 0 unspecified atom stereocenters. The summed E-state index contributed by atoms with van der Waals surface area (Å²) in [6.45, 7) is 7.72. The number of rotatable bonds is 2. The van der Waals surface area contributed by atoms with Crippen molar-refractivity contribution in [1.82, 2.24) is 4.90 Å². The van der Waals surface area contributed by atoms with Gasteiger partial charge in [0.2, 0.25) is 5.91 Å². The first-order valence-corrected chi connectivity index (χ1v) is 6.10. The lowest BCUT2D eigenvalue weighted by atomic mass is 9.57. The van der Waals surface area contributed by atoms with E-state index >= 15 is 0 Å². The topological polar surface area (TPSA) is 20.3 Å². The number of hydrogen-bond acceptors (Lipinski definition) is 1. The van der Waals surface area contributed by atoms with E-state index in [0.29, 0.717) is 5.41 Å². The van der Waals surface area contributed by atoms with E-state index in [9.17, 15) is 4.79 Å². The van der Waals surface area contributed by atoms with Gasteiger partial charge in [0, 0.05) is 13.1 Å². The number of amides is 1. The molecular weight excluding hydrogens is 186 g/mol. The maximum absolute atomic E-state index is 11.4. The molecule has 1 spiro atoms. The standard InChI is InChI=1S/C13H21NO/c1-3-11-9-13(10-11)5-7-14(8-6-13)12(15)4-2/h4,11H,2-3,5-10H2,1H3. The molecule has 15 heavy (non-hydrogen) atoms. The summed E-state index contributed by atoms with van der Waals surface area (Å²) in [5, 5.41) is 0. The Morgan fingerprint density at radius 3 is 2.53 bits per heavy atom. The van der Waals surface area contributed by atoms with E-state index in [0.717, 1.165) is 19.0 Å². The van der Waals surface area contributed by atoms with E-state index in [2.05, 4.69) is 13.5 Å². The Morgan fingerprint density at radius 1 is 1.47 bits per heavy atom. The molecule has 0 aromatic carbocycles. The summed E-state index contributed by atoms with van der Waals surface area (Å²) in [6, 6.07) is 0. The van der Waals surface area contributed by atoms with Gasteiger partial charge in [-0.1, -0.05) is 19.9 Å². The monoisotopic (exact) mass is 207 g/mol. The fourth-order valence-electron chi connectivity index (χ4n) is 3.19. The molecule has 0 atom stereocenters. The summed E-state index contributed by atoms with van der Waals surface area (Å²) in [5.74, 6) is 1.07. The molecule has 0 aromatic heterocycles. The van der Waals surface area contributed by atoms with Crippen LogP contribution in [0.4, 0.5) is 0 Å². The molecule has 2 fully saturated rings. The number of likely N-dealkylation sites (tertiary alicyclic amines) is 1. The molecule has 2 rings (SSSR count). The van der Waals surface area contributed by atoms with Gasteiger partial charge in [-0.2, -0.15) is 0 Å². The molecule has 1 aliphatic carbocycles. The number of carbonyl (C=O) groups is 1. The average Bonchev–Trinajstić information content (AvgIpc) is 2.25. The SMILES string of the molecule is C=CC(=O)N1CCC2(CC1)CC(CC)C2. The minimum absolute atomic E-state index is 0.108. The third kappa shape index (κ3) is 1.95. The van der Waals surface area contributed by atoms with Crippen LogP contribution < -0.4 is 0 Å². The van der Waals surface area contributed by atoms with Crippen LogP contribution >= 0.6 is 0 Å². The van der Waals surface area contributed by atoms with Crippen molar-refractivity contribution in [3.05, 3.63) is 12.7 Å². The highest BCUT2D eigenvalue weighted by molar-refractivity contribution is 5.87. The molecule has 1 aliphatic heterocycles. The molecule has 1 amide bonds. The van der Waals surface area contributed by atoms with Crippen LogP contribution in [0.1, 0.15) is 39.0 Å². The van der Waals surface area contributed by atoms with Crippen LogP contribution in [0.3, 0.4) is 0 Å². The fraction of sp³-hybridized carbons (Fsp3) is 0.769. The minimum atomic E-state index is 0.108. The molecule has 0 N–H and O–H groups in total. The molecule has 84 valence electrons. The zero-order valence-corrected chi connectivity index (χ0v) is 9.67. The van der Waals surface area contributed by atoms with Gasteiger partial charge in [-0.25, -0.2) is 0 Å². The second-order valence-electron chi connectivity index (χ2n) is 5.21. The van der Waals surface area contributed by atoms with Crippen LogP contribution in [0.15, 0.2) is 12.7 Å². The highest BCUT2D eigenvalue weighted by Crippen LogP contribution is 2.53. The van der Waals surface area contributed by atoms with Crippen molar-refractivity contribution in [2.24, 2.45) is 11.3 Å². The number of piperidine rings is 1. The normalized spacial score (nSPS) is 25.0. The molecule has 0 radical (unpaired) electrons. The van der Waals surface area contributed by atoms with Gasteiger partial charge in [-0.05, 0) is 43.1 Å². The zero-order valence-electron chi connectivity index (χ0n) is 9.67. The van der Waals surface area contributed by atoms with Crippen molar-refractivity contribution in [3.63, 3.8) is 0 Å². The van der Waals surface area contributed by atoms with Crippen molar-refractivity contribution in [3.8, 4) is 0 Å². The van der Waals surface area contributed by atoms with Crippen LogP contribution in [0.25, 0.3) is 0 Å². The Balaban J connectivity index is 1.83. The Hall–Kier alpha value is -0.790. The predicted molar refractivity (Wildman–Crippen MR) is 61.5 cm³/mol. The summed E-state index contributed by atoms with van der Waals surface area (Å²) in [5.41, 5.74) is 0.610. The van der Waals surface area contributed by atoms with Gasteiger partial charge >= 0.3 is 0 Å². The number of carbonyl (C=O) groups excluding carboxylic acids is 1. The van der Waals surface area contributed by atoms with Gasteiger partial charge in [-0.15, -0.1) is 0 Å². The third-order valence-electron chi connectivity index (χ3n) is 4.33. The van der Waals surface area contributed by atoms with Crippen LogP contribution in [-0.4, -0.2) is 23.9 Å². The van der Waals surface area contributed by atoms with Crippen LogP contribution in [-0.2, 0) is 4.79 Å². The van der Waals surface area contributed by atoms with Gasteiger partial charge in [-0.3, -0.25) is 4.79 Å². The van der Waals surface area contributed by atoms with E-state index in [1.165, 1.54) is 38.2 Å². The van der Waals surface area contributed by atoms with Crippen LogP contribution in [0.2, 0.25) is 0 Å². The second kappa shape index (κ2) is 3.99. The molecule has 1 heterocycles. The first-order valence-electron chi connectivity index (χ1n) is 6.10. The smallest absolute Gasteiger partial charge is 0.245 e. The summed E-state index contributed by atoms with van der Waals surface area (Å²) in [4.78, 5) is 13.4. The summed E-state index contributed by atoms with van der Waals surface area (Å²) < 4.78 is 0. The van der Waals surface area contributed by atoms with E-state index in [4.69, 9.17) is 0 Å². The summed E-state index contributed by atoms with van der Waals surface area (Å²) >= 11 is 0. The van der Waals surface area contributed by atoms with Gasteiger partial charge in [0.1, 0.15) is 0 Å². The van der Waals surface area contributed by atoms with Crippen LogP contribution in [0, 0.1) is 11.3 Å². The van der Waals surface area contributed by atoms with E-state index in [1.54, 1.807) is 0 Å². The number of nitrogens with zero attached hydrogens (tertiary/aromatic N) is 1. The minimum Gasteiger partial charge on any atom is -0.339 e. The van der Waals surface area contributed by atoms with Crippen LogP contribution in [0.5, 0.6) is 0 Å². The lowest BCUT2D eigenvalue weighted by Gasteiger charge is -2.52. The lowest BCUT2D eigenvalue weighted by molar-refractivity contribution is -0.130. The highest BCUT2D eigenvalue weighted by atomic mass is 16.2. The molecule has 2 aliphatic rings. The molecule has 1 saturated heterocycles. The molecule has 2 heteroatoms. The fourth-order valence-corrected chi connectivity index (χ4v) is 3.19. The summed E-state index contributed by atoms with van der Waals surface area (Å²) in [7, 11) is 0. The molecular formula is C13H21NO. The van der Waals surface area contributed by atoms with Gasteiger partial charge < -0.3 is 4.90 Å². The quantitative estimate of drug-likeness (QED) is 0.637. The largest absolute Gasteiger partial charge is 0.339 e. The van der Waals surface area contributed by atoms with Crippen molar-refractivity contribution in [2.75, 3.05) is 13.1 Å². The molecule has 1 saturated carbocycles. The first kappa shape index (κ1) is 10.7. The number of hydrogen-bond donors (Lipinski definition) is 0. The predicted octanol–water partition coefficient (Wildman–Crippen LogP) is 2.60. The van der Waals surface area contributed by atoms with Gasteiger partial charge in [0.05, 0.1) is 0 Å². The Labute approximate surface area is 92.3 Å². The Morgan fingerprint density at radius 2 is 2.07 bits per heavy atom. The molecule has 0 aromatic rings. The second-order valence-corrected chi connectivity index (χ2v) is 5.21. The van der Waals surface area contributed by atoms with Crippen molar-refractivity contribution in [1.29, 1.82) is 0 Å². The molecule has 2 nitrogen and oxygen atoms in total. The van der Waals surface area contributed by atoms with Crippen molar-refractivity contribution < 1.29 is 4.79 Å². The highest BCUT2D eigenvalue weighted by Gasteiger charge is 2.45. The van der Waals surface area contributed by atoms with Crippen molar-refractivity contribution in [2.45, 2.75) is 39.0 Å². The first-order chi connectivity index (χ1) is 7.19. The Bertz CT molecular complexity index is 256. The van der Waals surface area contributed by atoms with Gasteiger partial charge in [0.15, 0.2) is 0 Å². The average molecular weight is 207 g/mol. The lowest BCUT2D eigenvalue weighted by Crippen LogP contribution is -2.48. The Kier molecular flexibility index (Phi) is 2.85. The van der Waals surface area contributed by atoms with E-state index in [1.807, 2.05) is 4.90 Å². The maximum Gasteiger partial charge on any atom is 0.245 e. The van der Waals surface area contributed by atoms with E-state index < -0.39 is 0 Å². The maximum atomic E-state index is 11.4. The van der Waals surface area contributed by atoms with E-state index in [-0.39, 0.29) is 5.91 Å². The molecule has 0 bridgehead atoms. The van der Waals surface area contributed by atoms with Crippen molar-refractivity contribution >= 4 is 5.91 Å². The van der Waals surface area contributed by atoms with Gasteiger partial charge in [0.25, 0.3) is 0 Å².